The van der Waals surface area contributed by atoms with Crippen molar-refractivity contribution in [2.24, 2.45) is 5.92 Å². The molecule has 0 radical (unpaired) electrons. The average Bonchev–Trinajstić information content (AvgIpc) is 2.34. The second kappa shape index (κ2) is 7.19. The summed E-state index contributed by atoms with van der Waals surface area (Å²) in [5.41, 5.74) is 0. The number of carboxylic acid groups (broad SMARTS) is 1. The number of carbonyl (C=O) groups is 3. The van der Waals surface area contributed by atoms with E-state index in [0.717, 1.165) is 17.5 Å². The molecular formula is C12H19NO4S2. The molecule has 19 heavy (non-hydrogen) atoms. The quantitative estimate of drug-likeness (QED) is 0.844. The van der Waals surface area contributed by atoms with Crippen molar-refractivity contribution in [3.8, 4) is 0 Å². The van der Waals surface area contributed by atoms with Gasteiger partial charge in [-0.05, 0) is 6.92 Å². The lowest BCUT2D eigenvalue weighted by atomic mass is 10.1. The van der Waals surface area contributed by atoms with E-state index in [2.05, 4.69) is 0 Å². The highest BCUT2D eigenvalue weighted by atomic mass is 32.2. The zero-order chi connectivity index (χ0) is 14.6. The van der Waals surface area contributed by atoms with E-state index in [9.17, 15) is 19.5 Å². The van der Waals surface area contributed by atoms with Crippen LogP contribution < -0.4 is 0 Å². The Hall–Kier alpha value is -0.690. The Balaban J connectivity index is 2.74. The van der Waals surface area contributed by atoms with Crippen LogP contribution in [0.15, 0.2) is 0 Å². The number of carboxylic acids is 1. The van der Waals surface area contributed by atoms with Gasteiger partial charge in [-0.1, -0.05) is 18.7 Å². The fourth-order valence-corrected chi connectivity index (χ4v) is 3.74. The van der Waals surface area contributed by atoms with E-state index < -0.39 is 12.0 Å². The Morgan fingerprint density at radius 1 is 1.42 bits per heavy atom. The summed E-state index contributed by atoms with van der Waals surface area (Å²) in [5.74, 6) is 0.103. The molecule has 0 aliphatic carbocycles. The molecule has 1 amide bonds. The Morgan fingerprint density at radius 2 is 2.05 bits per heavy atom. The fourth-order valence-electron chi connectivity index (χ4n) is 1.95. The van der Waals surface area contributed by atoms with Gasteiger partial charge in [0.05, 0.1) is 0 Å². The molecule has 1 aliphatic rings. The van der Waals surface area contributed by atoms with Crippen molar-refractivity contribution in [2.45, 2.75) is 32.9 Å². The minimum Gasteiger partial charge on any atom is -0.480 e. The fraction of sp³-hybridized carbons (Fsp3) is 0.750. The van der Waals surface area contributed by atoms with Crippen LogP contribution in [0, 0.1) is 5.92 Å². The molecule has 3 atom stereocenters. The summed E-state index contributed by atoms with van der Waals surface area (Å²) in [4.78, 5) is 36.0. The van der Waals surface area contributed by atoms with Gasteiger partial charge in [-0.25, -0.2) is 4.79 Å². The molecule has 1 heterocycles. The van der Waals surface area contributed by atoms with Crippen molar-refractivity contribution in [2.75, 3.05) is 17.3 Å². The third kappa shape index (κ3) is 4.42. The number of rotatable bonds is 4. The highest BCUT2D eigenvalue weighted by Gasteiger charge is 2.38. The normalized spacial score (nSPS) is 24.9. The summed E-state index contributed by atoms with van der Waals surface area (Å²) in [6.07, 6.45) is 0. The third-order valence-corrected chi connectivity index (χ3v) is 5.29. The highest BCUT2D eigenvalue weighted by Crippen LogP contribution is 2.25. The van der Waals surface area contributed by atoms with Gasteiger partial charge in [-0.15, -0.1) is 0 Å². The van der Waals surface area contributed by atoms with E-state index in [1.54, 1.807) is 18.7 Å². The van der Waals surface area contributed by atoms with Crippen LogP contribution in [-0.2, 0) is 14.4 Å². The monoisotopic (exact) mass is 305 g/mol. The maximum absolute atomic E-state index is 12.4. The molecule has 3 unspecified atom stereocenters. The molecule has 1 N–H and O–H groups in total. The van der Waals surface area contributed by atoms with E-state index >= 15 is 0 Å². The van der Waals surface area contributed by atoms with Crippen molar-refractivity contribution in [1.82, 2.24) is 4.90 Å². The summed E-state index contributed by atoms with van der Waals surface area (Å²) >= 11 is 2.66. The standard InChI is InChI=1S/C12H19NO4S2/c1-7(4-19-9(3)14)11(15)13-8(2)5-18-6-10(13)12(16)17/h7-8,10H,4-6H2,1-3H3,(H,16,17). The molecule has 0 spiro atoms. The predicted octanol–water partition coefficient (Wildman–Crippen LogP) is 1.32. The zero-order valence-corrected chi connectivity index (χ0v) is 12.9. The zero-order valence-electron chi connectivity index (χ0n) is 11.3. The van der Waals surface area contributed by atoms with E-state index in [-0.39, 0.29) is 23.0 Å². The summed E-state index contributed by atoms with van der Waals surface area (Å²) < 4.78 is 0. The van der Waals surface area contributed by atoms with Crippen LogP contribution in [0.1, 0.15) is 20.8 Å². The molecule has 1 saturated heterocycles. The maximum Gasteiger partial charge on any atom is 0.327 e. The Labute approximate surface area is 121 Å². The number of aliphatic carboxylic acids is 1. The van der Waals surface area contributed by atoms with Crippen LogP contribution in [0.4, 0.5) is 0 Å². The van der Waals surface area contributed by atoms with Gasteiger partial charge in [0.2, 0.25) is 5.91 Å². The van der Waals surface area contributed by atoms with Crippen LogP contribution in [0.2, 0.25) is 0 Å². The number of nitrogens with zero attached hydrogens (tertiary/aromatic N) is 1. The molecule has 7 heteroatoms. The van der Waals surface area contributed by atoms with Crippen LogP contribution in [0.25, 0.3) is 0 Å². The third-order valence-electron chi connectivity index (χ3n) is 2.94. The van der Waals surface area contributed by atoms with Crippen molar-refractivity contribution in [3.05, 3.63) is 0 Å². The first-order valence-electron chi connectivity index (χ1n) is 6.10. The second-order valence-corrected chi connectivity index (χ2v) is 6.96. The van der Waals surface area contributed by atoms with Crippen LogP contribution in [0.5, 0.6) is 0 Å². The molecule has 0 aromatic heterocycles. The average molecular weight is 305 g/mol. The second-order valence-electron chi connectivity index (χ2n) is 4.69. The molecular weight excluding hydrogens is 286 g/mol. The lowest BCUT2D eigenvalue weighted by Gasteiger charge is -2.39. The topological polar surface area (TPSA) is 74.7 Å². The summed E-state index contributed by atoms with van der Waals surface area (Å²) in [7, 11) is 0. The summed E-state index contributed by atoms with van der Waals surface area (Å²) in [5, 5.41) is 9.18. The number of hydrogen-bond acceptors (Lipinski definition) is 5. The minimum atomic E-state index is -0.959. The SMILES string of the molecule is CC(=O)SCC(C)C(=O)N1C(C)CSCC1C(=O)O. The van der Waals surface area contributed by atoms with E-state index in [4.69, 9.17) is 0 Å². The lowest BCUT2D eigenvalue weighted by molar-refractivity contribution is -0.152. The van der Waals surface area contributed by atoms with Gasteiger partial charge in [-0.3, -0.25) is 9.59 Å². The molecule has 0 bridgehead atoms. The van der Waals surface area contributed by atoms with Gasteiger partial charge in [-0.2, -0.15) is 11.8 Å². The molecule has 108 valence electrons. The first kappa shape index (κ1) is 16.4. The van der Waals surface area contributed by atoms with Crippen molar-refractivity contribution >= 4 is 40.5 Å². The molecule has 1 aliphatic heterocycles. The summed E-state index contributed by atoms with van der Waals surface area (Å²) in [6, 6.07) is -0.844. The lowest BCUT2D eigenvalue weighted by Crippen LogP contribution is -2.56. The van der Waals surface area contributed by atoms with Crippen molar-refractivity contribution in [3.63, 3.8) is 0 Å². The van der Waals surface area contributed by atoms with Crippen molar-refractivity contribution in [1.29, 1.82) is 0 Å². The highest BCUT2D eigenvalue weighted by molar-refractivity contribution is 8.13. The number of thioether (sulfide) groups is 2. The van der Waals surface area contributed by atoms with Crippen LogP contribution in [0.3, 0.4) is 0 Å². The van der Waals surface area contributed by atoms with Crippen LogP contribution >= 0.6 is 23.5 Å². The van der Waals surface area contributed by atoms with Gasteiger partial charge < -0.3 is 10.0 Å². The first-order valence-corrected chi connectivity index (χ1v) is 8.24. The number of carbonyl (C=O) groups excluding carboxylic acids is 2. The Bertz CT molecular complexity index is 375. The van der Waals surface area contributed by atoms with Gasteiger partial charge in [0, 0.05) is 36.1 Å². The Morgan fingerprint density at radius 3 is 2.58 bits per heavy atom. The minimum absolute atomic E-state index is 0.0308. The van der Waals surface area contributed by atoms with Crippen LogP contribution in [-0.4, -0.2) is 56.3 Å². The molecule has 1 fully saturated rings. The predicted molar refractivity (Wildman–Crippen MR) is 77.4 cm³/mol. The molecule has 0 aromatic rings. The molecule has 5 nitrogen and oxygen atoms in total. The van der Waals surface area contributed by atoms with Gasteiger partial charge >= 0.3 is 5.97 Å². The van der Waals surface area contributed by atoms with E-state index in [1.807, 2.05) is 6.92 Å². The number of amides is 1. The van der Waals surface area contributed by atoms with E-state index in [0.29, 0.717) is 11.5 Å². The largest absolute Gasteiger partial charge is 0.480 e. The van der Waals surface area contributed by atoms with Gasteiger partial charge in [0.15, 0.2) is 5.12 Å². The van der Waals surface area contributed by atoms with Gasteiger partial charge in [0.1, 0.15) is 6.04 Å². The molecule has 0 saturated carbocycles. The first-order chi connectivity index (χ1) is 8.84. The van der Waals surface area contributed by atoms with E-state index in [1.165, 1.54) is 11.8 Å². The summed E-state index contributed by atoms with van der Waals surface area (Å²) in [6.45, 7) is 5.07. The molecule has 1 rings (SSSR count). The van der Waals surface area contributed by atoms with Crippen molar-refractivity contribution < 1.29 is 19.5 Å². The molecule has 0 aromatic carbocycles. The maximum atomic E-state index is 12.4. The smallest absolute Gasteiger partial charge is 0.327 e. The Kier molecular flexibility index (Phi) is 6.19. The number of hydrogen-bond donors (Lipinski definition) is 1. The van der Waals surface area contributed by atoms with Gasteiger partial charge in [0.25, 0.3) is 0 Å².